The highest BCUT2D eigenvalue weighted by Gasteiger charge is 2.15. The van der Waals surface area contributed by atoms with Crippen molar-refractivity contribution in [2.24, 2.45) is 0 Å². The van der Waals surface area contributed by atoms with Gasteiger partial charge < -0.3 is 9.47 Å². The number of aryl methyl sites for hydroxylation is 2. The van der Waals surface area contributed by atoms with Crippen LogP contribution in [-0.4, -0.2) is 26.0 Å². The Bertz CT molecular complexity index is 440. The van der Waals surface area contributed by atoms with Crippen molar-refractivity contribution < 1.29 is 19.1 Å². The van der Waals surface area contributed by atoms with Crippen LogP contribution >= 0.6 is 0 Å². The van der Waals surface area contributed by atoms with Crippen LogP contribution in [0.2, 0.25) is 0 Å². The monoisotopic (exact) mass is 250 g/mol. The maximum Gasteiger partial charge on any atom is 0.305 e. The fourth-order valence-electron chi connectivity index (χ4n) is 1.92. The minimum absolute atomic E-state index is 0.0435. The number of benzene rings is 1. The molecule has 0 unspecified atom stereocenters. The minimum atomic E-state index is -0.368. The fourth-order valence-corrected chi connectivity index (χ4v) is 1.92. The number of carbonyl (C=O) groups excluding carboxylic acids is 2. The number of ether oxygens (including phenoxy) is 2. The summed E-state index contributed by atoms with van der Waals surface area (Å²) in [4.78, 5) is 23.1. The largest absolute Gasteiger partial charge is 0.497 e. The molecule has 0 amide bonds. The molecule has 1 rings (SSSR count). The van der Waals surface area contributed by atoms with Gasteiger partial charge in [-0.2, -0.15) is 0 Å². The number of esters is 1. The van der Waals surface area contributed by atoms with Gasteiger partial charge in [0.15, 0.2) is 5.78 Å². The van der Waals surface area contributed by atoms with E-state index in [4.69, 9.17) is 4.74 Å². The molecule has 0 aliphatic carbocycles. The van der Waals surface area contributed by atoms with Crippen LogP contribution in [0.5, 0.6) is 5.75 Å². The lowest BCUT2D eigenvalue weighted by Crippen LogP contribution is -2.09. The van der Waals surface area contributed by atoms with Crippen molar-refractivity contribution in [3.05, 3.63) is 28.8 Å². The molecule has 1 aromatic carbocycles. The van der Waals surface area contributed by atoms with Crippen molar-refractivity contribution in [2.75, 3.05) is 14.2 Å². The summed E-state index contributed by atoms with van der Waals surface area (Å²) in [5.41, 5.74) is 2.39. The van der Waals surface area contributed by atoms with Crippen molar-refractivity contribution in [1.82, 2.24) is 0 Å². The molecule has 0 aromatic heterocycles. The first-order chi connectivity index (χ1) is 8.49. The molecular formula is C14H18O4. The summed E-state index contributed by atoms with van der Waals surface area (Å²) in [6.45, 7) is 3.72. The second-order valence-electron chi connectivity index (χ2n) is 4.14. The quantitative estimate of drug-likeness (QED) is 0.595. The normalized spacial score (nSPS) is 10.0. The molecular weight excluding hydrogens is 232 g/mol. The van der Waals surface area contributed by atoms with E-state index in [1.54, 1.807) is 7.11 Å². The van der Waals surface area contributed by atoms with E-state index in [0.29, 0.717) is 5.56 Å². The smallest absolute Gasteiger partial charge is 0.305 e. The van der Waals surface area contributed by atoms with Crippen LogP contribution < -0.4 is 4.74 Å². The Morgan fingerprint density at radius 1 is 1.06 bits per heavy atom. The summed E-state index contributed by atoms with van der Waals surface area (Å²) < 4.78 is 9.66. The van der Waals surface area contributed by atoms with Crippen LogP contribution in [0.1, 0.15) is 34.3 Å². The maximum absolute atomic E-state index is 12.1. The Labute approximate surface area is 107 Å². The molecule has 0 saturated heterocycles. The number of methoxy groups -OCH3 is 2. The Hall–Kier alpha value is -1.84. The Morgan fingerprint density at radius 3 is 2.06 bits per heavy atom. The summed E-state index contributed by atoms with van der Waals surface area (Å²) in [6.07, 6.45) is 0.279. The zero-order valence-electron chi connectivity index (χ0n) is 11.2. The Kier molecular flexibility index (Phi) is 4.89. The molecule has 0 aliphatic heterocycles. The molecule has 0 radical (unpaired) electrons. The lowest BCUT2D eigenvalue weighted by molar-refractivity contribution is -0.140. The number of rotatable bonds is 5. The zero-order chi connectivity index (χ0) is 13.7. The van der Waals surface area contributed by atoms with Gasteiger partial charge in [-0.3, -0.25) is 9.59 Å². The van der Waals surface area contributed by atoms with E-state index in [0.717, 1.165) is 16.9 Å². The average molecular weight is 250 g/mol. The third-order valence-electron chi connectivity index (χ3n) is 2.80. The third kappa shape index (κ3) is 3.32. The molecule has 0 bridgehead atoms. The molecule has 0 atom stereocenters. The first kappa shape index (κ1) is 14.2. The maximum atomic E-state index is 12.1. The molecule has 18 heavy (non-hydrogen) atoms. The van der Waals surface area contributed by atoms with Gasteiger partial charge in [0, 0.05) is 12.0 Å². The highest BCUT2D eigenvalue weighted by molar-refractivity contribution is 6.00. The van der Waals surface area contributed by atoms with Crippen LogP contribution in [0.15, 0.2) is 12.1 Å². The van der Waals surface area contributed by atoms with E-state index in [9.17, 15) is 9.59 Å². The molecule has 0 aliphatic rings. The van der Waals surface area contributed by atoms with E-state index in [1.165, 1.54) is 7.11 Å². The molecule has 0 heterocycles. The van der Waals surface area contributed by atoms with Crippen LogP contribution in [0, 0.1) is 13.8 Å². The second kappa shape index (κ2) is 6.19. The zero-order valence-corrected chi connectivity index (χ0v) is 11.2. The van der Waals surface area contributed by atoms with Crippen molar-refractivity contribution in [1.29, 1.82) is 0 Å². The number of Topliss-reactive ketones (excluding diaryl/α,β-unsaturated/α-hetero) is 1. The summed E-state index contributed by atoms with van der Waals surface area (Å²) in [7, 11) is 2.91. The Morgan fingerprint density at radius 2 is 1.61 bits per heavy atom. The molecule has 4 heteroatoms. The standard InChI is InChI=1S/C14H18O4/c1-9-7-11(17-3)8-10(2)14(9)12(15)5-6-13(16)18-4/h7-8H,5-6H2,1-4H3. The van der Waals surface area contributed by atoms with Crippen LogP contribution in [0.4, 0.5) is 0 Å². The topological polar surface area (TPSA) is 52.6 Å². The van der Waals surface area contributed by atoms with Gasteiger partial charge in [0.25, 0.3) is 0 Å². The van der Waals surface area contributed by atoms with Gasteiger partial charge in [-0.25, -0.2) is 0 Å². The van der Waals surface area contributed by atoms with E-state index in [1.807, 2.05) is 26.0 Å². The van der Waals surface area contributed by atoms with Gasteiger partial charge >= 0.3 is 5.97 Å². The molecule has 0 spiro atoms. The number of hydrogen-bond acceptors (Lipinski definition) is 4. The van der Waals surface area contributed by atoms with Crippen LogP contribution in [-0.2, 0) is 9.53 Å². The van der Waals surface area contributed by atoms with E-state index < -0.39 is 0 Å². The van der Waals surface area contributed by atoms with Gasteiger partial charge in [-0.15, -0.1) is 0 Å². The van der Waals surface area contributed by atoms with E-state index in [2.05, 4.69) is 4.74 Å². The van der Waals surface area contributed by atoms with E-state index in [-0.39, 0.29) is 24.6 Å². The van der Waals surface area contributed by atoms with Crippen molar-refractivity contribution in [3.63, 3.8) is 0 Å². The molecule has 0 fully saturated rings. The SMILES string of the molecule is COC(=O)CCC(=O)c1c(C)cc(OC)cc1C. The van der Waals surface area contributed by atoms with Crippen LogP contribution in [0.25, 0.3) is 0 Å². The molecule has 98 valence electrons. The van der Waals surface area contributed by atoms with Crippen LogP contribution in [0.3, 0.4) is 0 Å². The van der Waals surface area contributed by atoms with Gasteiger partial charge in [0.2, 0.25) is 0 Å². The highest BCUT2D eigenvalue weighted by Crippen LogP contribution is 2.23. The van der Waals surface area contributed by atoms with Gasteiger partial charge in [0.1, 0.15) is 5.75 Å². The fraction of sp³-hybridized carbons (Fsp3) is 0.429. The van der Waals surface area contributed by atoms with E-state index >= 15 is 0 Å². The molecule has 0 N–H and O–H groups in total. The predicted molar refractivity (Wildman–Crippen MR) is 68.0 cm³/mol. The molecule has 0 saturated carbocycles. The van der Waals surface area contributed by atoms with Crippen molar-refractivity contribution in [3.8, 4) is 5.75 Å². The summed E-state index contributed by atoms with van der Waals surface area (Å²) in [5.74, 6) is 0.319. The summed E-state index contributed by atoms with van der Waals surface area (Å²) in [5, 5.41) is 0. The lowest BCUT2D eigenvalue weighted by Gasteiger charge is -2.11. The first-order valence-electron chi connectivity index (χ1n) is 5.74. The number of carbonyl (C=O) groups is 2. The van der Waals surface area contributed by atoms with Crippen molar-refractivity contribution in [2.45, 2.75) is 26.7 Å². The summed E-state index contributed by atoms with van der Waals surface area (Å²) in [6, 6.07) is 3.64. The van der Waals surface area contributed by atoms with Gasteiger partial charge in [0.05, 0.1) is 20.6 Å². The third-order valence-corrected chi connectivity index (χ3v) is 2.80. The summed E-state index contributed by atoms with van der Waals surface area (Å²) >= 11 is 0. The van der Waals surface area contributed by atoms with Gasteiger partial charge in [-0.1, -0.05) is 0 Å². The van der Waals surface area contributed by atoms with Gasteiger partial charge in [-0.05, 0) is 37.1 Å². The number of ketones is 1. The van der Waals surface area contributed by atoms with Crippen molar-refractivity contribution >= 4 is 11.8 Å². The lowest BCUT2D eigenvalue weighted by atomic mass is 9.96. The first-order valence-corrected chi connectivity index (χ1v) is 5.74. The second-order valence-corrected chi connectivity index (χ2v) is 4.14. The molecule has 4 nitrogen and oxygen atoms in total. The number of hydrogen-bond donors (Lipinski definition) is 0. The highest BCUT2D eigenvalue weighted by atomic mass is 16.5. The molecule has 1 aromatic rings. The average Bonchev–Trinajstić information content (AvgIpc) is 2.34. The predicted octanol–water partition coefficient (Wildman–Crippen LogP) is 2.45. The minimum Gasteiger partial charge on any atom is -0.497 e. The Balaban J connectivity index is 2.89.